The molecule has 0 heterocycles. The Balaban J connectivity index is 1.76. The van der Waals surface area contributed by atoms with Gasteiger partial charge in [0.2, 0.25) is 0 Å². The highest BCUT2D eigenvalue weighted by Gasteiger charge is 2.13. The van der Waals surface area contributed by atoms with Crippen LogP contribution >= 0.6 is 12.2 Å². The van der Waals surface area contributed by atoms with Gasteiger partial charge in [-0.2, -0.15) is 5.10 Å². The van der Waals surface area contributed by atoms with Crippen molar-refractivity contribution in [2.24, 2.45) is 5.10 Å². The van der Waals surface area contributed by atoms with E-state index in [2.05, 4.69) is 22.8 Å². The number of nitrogens with zero attached hydrogens (tertiary/aromatic N) is 1. The van der Waals surface area contributed by atoms with Crippen LogP contribution in [-0.4, -0.2) is 24.0 Å². The van der Waals surface area contributed by atoms with Crippen LogP contribution in [0.5, 0.6) is 5.75 Å². The van der Waals surface area contributed by atoms with E-state index >= 15 is 0 Å². The number of para-hydroxylation sites is 1. The summed E-state index contributed by atoms with van der Waals surface area (Å²) in [7, 11) is 0. The third-order valence-electron chi connectivity index (χ3n) is 4.48. The average molecular weight is 362 g/mol. The van der Waals surface area contributed by atoms with E-state index in [-0.39, 0.29) is 0 Å². The first-order valence-corrected chi connectivity index (χ1v) is 10.0. The summed E-state index contributed by atoms with van der Waals surface area (Å²) in [6.45, 7) is 2.97. The molecule has 138 valence electrons. The number of hydrogen-bond donors (Lipinski definition) is 2. The number of nitrogens with one attached hydrogen (secondary N) is 2. The first-order valence-electron chi connectivity index (χ1n) is 9.61. The van der Waals surface area contributed by atoms with Crippen LogP contribution in [0.15, 0.2) is 29.4 Å². The lowest BCUT2D eigenvalue weighted by molar-refractivity contribution is 0.304. The molecule has 5 heteroatoms. The average Bonchev–Trinajstić information content (AvgIpc) is 2.63. The van der Waals surface area contributed by atoms with Crippen molar-refractivity contribution in [3.63, 3.8) is 0 Å². The molecule has 4 nitrogen and oxygen atoms in total. The van der Waals surface area contributed by atoms with Gasteiger partial charge in [-0.25, -0.2) is 0 Å². The largest absolute Gasteiger partial charge is 0.493 e. The summed E-state index contributed by atoms with van der Waals surface area (Å²) >= 11 is 5.33. The van der Waals surface area contributed by atoms with Crippen LogP contribution < -0.4 is 15.5 Å². The second-order valence-electron chi connectivity index (χ2n) is 6.63. The first-order chi connectivity index (χ1) is 12.3. The quantitative estimate of drug-likeness (QED) is 0.288. The molecular formula is C20H31N3OS. The smallest absolute Gasteiger partial charge is 0.187 e. The molecule has 0 saturated heterocycles. The fourth-order valence-electron chi connectivity index (χ4n) is 3.05. The predicted molar refractivity (Wildman–Crippen MR) is 109 cm³/mol. The minimum Gasteiger partial charge on any atom is -0.493 e. The van der Waals surface area contributed by atoms with Gasteiger partial charge < -0.3 is 10.1 Å². The topological polar surface area (TPSA) is 45.6 Å². The number of unbranched alkanes of at least 4 members (excludes halogenated alkanes) is 3. The van der Waals surface area contributed by atoms with Gasteiger partial charge in [0, 0.05) is 11.6 Å². The zero-order valence-corrected chi connectivity index (χ0v) is 16.1. The lowest BCUT2D eigenvalue weighted by Crippen LogP contribution is -2.40. The van der Waals surface area contributed by atoms with E-state index in [1.165, 1.54) is 51.4 Å². The number of benzene rings is 1. The maximum atomic E-state index is 5.90. The van der Waals surface area contributed by atoms with Crippen molar-refractivity contribution >= 4 is 23.5 Å². The molecule has 0 radical (unpaired) electrons. The lowest BCUT2D eigenvalue weighted by atomic mass is 9.96. The van der Waals surface area contributed by atoms with Crippen LogP contribution in [0.25, 0.3) is 0 Å². The highest BCUT2D eigenvalue weighted by molar-refractivity contribution is 7.80. The lowest BCUT2D eigenvalue weighted by Gasteiger charge is -2.23. The SMILES string of the molecule is CCCCCCOc1ccccc1/C=N/NC(=S)NC1CCCCC1. The number of rotatable bonds is 9. The van der Waals surface area contributed by atoms with Gasteiger partial charge >= 0.3 is 0 Å². The number of ether oxygens (including phenoxy) is 1. The fraction of sp³-hybridized carbons (Fsp3) is 0.600. The first kappa shape index (κ1) is 19.7. The van der Waals surface area contributed by atoms with E-state index < -0.39 is 0 Å². The van der Waals surface area contributed by atoms with E-state index in [0.717, 1.165) is 24.3 Å². The van der Waals surface area contributed by atoms with Gasteiger partial charge in [0.15, 0.2) is 5.11 Å². The molecule has 0 unspecified atom stereocenters. The Hall–Kier alpha value is -1.62. The third kappa shape index (κ3) is 7.86. The highest BCUT2D eigenvalue weighted by atomic mass is 32.1. The number of hydrazone groups is 1. The molecule has 1 saturated carbocycles. The van der Waals surface area contributed by atoms with Crippen LogP contribution in [-0.2, 0) is 0 Å². The Kier molecular flexibility index (Phi) is 9.34. The van der Waals surface area contributed by atoms with Gasteiger partial charge in [-0.05, 0) is 43.6 Å². The van der Waals surface area contributed by atoms with Gasteiger partial charge in [0.05, 0.1) is 12.8 Å². The van der Waals surface area contributed by atoms with Crippen molar-refractivity contribution in [2.75, 3.05) is 6.61 Å². The van der Waals surface area contributed by atoms with Crippen LogP contribution in [0.2, 0.25) is 0 Å². The molecule has 0 atom stereocenters. The monoisotopic (exact) mass is 361 g/mol. The number of hydrogen-bond acceptors (Lipinski definition) is 3. The van der Waals surface area contributed by atoms with Crippen LogP contribution in [0.4, 0.5) is 0 Å². The zero-order chi connectivity index (χ0) is 17.7. The summed E-state index contributed by atoms with van der Waals surface area (Å²) in [6, 6.07) is 8.46. The summed E-state index contributed by atoms with van der Waals surface area (Å²) in [5.41, 5.74) is 3.89. The summed E-state index contributed by atoms with van der Waals surface area (Å²) in [6.07, 6.45) is 12.9. The Bertz CT molecular complexity index is 541. The summed E-state index contributed by atoms with van der Waals surface area (Å²) in [4.78, 5) is 0. The van der Waals surface area contributed by atoms with E-state index in [1.807, 2.05) is 24.3 Å². The standard InChI is InChI=1S/C20H31N3OS/c1-2-3-4-10-15-24-19-14-9-8-11-17(19)16-21-23-20(25)22-18-12-6-5-7-13-18/h8-9,11,14,16,18H,2-7,10,12-13,15H2,1H3,(H2,22,23,25)/b21-16+. The normalized spacial score (nSPS) is 15.2. The zero-order valence-electron chi connectivity index (χ0n) is 15.3. The van der Waals surface area contributed by atoms with Crippen LogP contribution in [0.1, 0.15) is 70.3 Å². The molecule has 2 N–H and O–H groups in total. The van der Waals surface area contributed by atoms with Crippen LogP contribution in [0, 0.1) is 0 Å². The van der Waals surface area contributed by atoms with Crippen molar-refractivity contribution < 1.29 is 4.74 Å². The van der Waals surface area contributed by atoms with Gasteiger partial charge in [-0.1, -0.05) is 57.6 Å². The van der Waals surface area contributed by atoms with E-state index in [0.29, 0.717) is 11.2 Å². The maximum Gasteiger partial charge on any atom is 0.187 e. The Morgan fingerprint density at radius 3 is 2.80 bits per heavy atom. The molecule has 0 spiro atoms. The van der Waals surface area contributed by atoms with E-state index in [9.17, 15) is 0 Å². The van der Waals surface area contributed by atoms with Crippen molar-refractivity contribution in [2.45, 2.75) is 70.8 Å². The highest BCUT2D eigenvalue weighted by Crippen LogP contribution is 2.18. The van der Waals surface area contributed by atoms with Gasteiger partial charge in [-0.3, -0.25) is 5.43 Å². The molecule has 2 rings (SSSR count). The molecule has 25 heavy (non-hydrogen) atoms. The van der Waals surface area contributed by atoms with Crippen molar-refractivity contribution in [3.05, 3.63) is 29.8 Å². The fourth-order valence-corrected chi connectivity index (χ4v) is 3.27. The van der Waals surface area contributed by atoms with Gasteiger partial charge in [0.1, 0.15) is 5.75 Å². The molecule has 1 aliphatic carbocycles. The summed E-state index contributed by atoms with van der Waals surface area (Å²) in [5, 5.41) is 8.21. The second-order valence-corrected chi connectivity index (χ2v) is 7.03. The minimum atomic E-state index is 0.489. The van der Waals surface area contributed by atoms with Crippen molar-refractivity contribution in [1.82, 2.24) is 10.7 Å². The van der Waals surface area contributed by atoms with Gasteiger partial charge in [0.25, 0.3) is 0 Å². The molecule has 1 fully saturated rings. The minimum absolute atomic E-state index is 0.489. The summed E-state index contributed by atoms with van der Waals surface area (Å²) in [5.74, 6) is 0.871. The predicted octanol–water partition coefficient (Wildman–Crippen LogP) is 4.78. The molecule has 0 aromatic heterocycles. The molecule has 0 amide bonds. The molecule has 0 aliphatic heterocycles. The van der Waals surface area contributed by atoms with Crippen LogP contribution in [0.3, 0.4) is 0 Å². The Morgan fingerprint density at radius 1 is 1.20 bits per heavy atom. The van der Waals surface area contributed by atoms with E-state index in [4.69, 9.17) is 17.0 Å². The van der Waals surface area contributed by atoms with Crippen molar-refractivity contribution in [1.29, 1.82) is 0 Å². The van der Waals surface area contributed by atoms with E-state index in [1.54, 1.807) is 6.21 Å². The molecule has 0 bridgehead atoms. The maximum absolute atomic E-state index is 5.90. The Morgan fingerprint density at radius 2 is 2.00 bits per heavy atom. The number of thiocarbonyl (C=S) groups is 1. The Labute approximate surface area is 157 Å². The molecule has 1 aromatic carbocycles. The molecular weight excluding hydrogens is 330 g/mol. The van der Waals surface area contributed by atoms with Crippen molar-refractivity contribution in [3.8, 4) is 5.75 Å². The molecule has 1 aliphatic rings. The van der Waals surface area contributed by atoms with Gasteiger partial charge in [-0.15, -0.1) is 0 Å². The third-order valence-corrected chi connectivity index (χ3v) is 4.69. The molecule has 1 aromatic rings. The second kappa shape index (κ2) is 11.9. The summed E-state index contributed by atoms with van der Waals surface area (Å²) < 4.78 is 5.90.